The summed E-state index contributed by atoms with van der Waals surface area (Å²) in [4.78, 5) is 17.6. The molecular weight excluding hydrogens is 243 g/mol. The number of aromatic nitrogens is 1. The van der Waals surface area contributed by atoms with Crippen molar-refractivity contribution in [3.8, 4) is 0 Å². The molecule has 98 valence electrons. The number of nitrogens with zero attached hydrogens (tertiary/aromatic N) is 2. The maximum absolute atomic E-state index is 13.1. The number of amides is 1. The van der Waals surface area contributed by atoms with Crippen LogP contribution < -0.4 is 0 Å². The topological polar surface area (TPSA) is 33.2 Å². The van der Waals surface area contributed by atoms with E-state index in [-0.39, 0.29) is 5.91 Å². The van der Waals surface area contributed by atoms with Gasteiger partial charge in [-0.05, 0) is 42.3 Å². The quantitative estimate of drug-likeness (QED) is 0.844. The van der Waals surface area contributed by atoms with E-state index in [1.165, 1.54) is 12.1 Å². The van der Waals surface area contributed by atoms with E-state index in [0.717, 1.165) is 12.0 Å². The molecule has 1 amide bonds. The number of rotatable bonds is 4. The van der Waals surface area contributed by atoms with E-state index in [0.29, 0.717) is 12.1 Å². The lowest BCUT2D eigenvalue weighted by atomic mass is 10.1. The van der Waals surface area contributed by atoms with Crippen molar-refractivity contribution in [3.05, 3.63) is 65.7 Å². The van der Waals surface area contributed by atoms with Crippen LogP contribution in [0.25, 0.3) is 0 Å². The van der Waals surface area contributed by atoms with E-state index in [2.05, 4.69) is 4.98 Å². The van der Waals surface area contributed by atoms with Gasteiger partial charge in [0.15, 0.2) is 0 Å². The predicted molar refractivity (Wildman–Crippen MR) is 71.3 cm³/mol. The number of carbonyl (C=O) groups is 1. The number of halogens is 1. The molecule has 2 aromatic rings. The van der Waals surface area contributed by atoms with Crippen LogP contribution >= 0.6 is 0 Å². The molecule has 3 nitrogen and oxygen atoms in total. The van der Waals surface area contributed by atoms with E-state index in [1.54, 1.807) is 36.5 Å². The molecule has 0 fully saturated rings. The van der Waals surface area contributed by atoms with Gasteiger partial charge in [0, 0.05) is 31.5 Å². The zero-order valence-electron chi connectivity index (χ0n) is 10.7. The second-order valence-corrected chi connectivity index (χ2v) is 4.34. The van der Waals surface area contributed by atoms with Crippen LogP contribution in [0.5, 0.6) is 0 Å². The Morgan fingerprint density at radius 2 is 2.00 bits per heavy atom. The lowest BCUT2D eigenvalue weighted by molar-refractivity contribution is 0.0796. The molecule has 1 heterocycles. The van der Waals surface area contributed by atoms with Crippen molar-refractivity contribution in [1.82, 2.24) is 9.88 Å². The molecule has 0 bridgehead atoms. The summed E-state index contributed by atoms with van der Waals surface area (Å²) >= 11 is 0. The normalized spacial score (nSPS) is 10.2. The summed E-state index contributed by atoms with van der Waals surface area (Å²) in [6, 6.07) is 9.58. The molecule has 0 saturated heterocycles. The van der Waals surface area contributed by atoms with Crippen molar-refractivity contribution in [2.24, 2.45) is 0 Å². The molecule has 2 rings (SSSR count). The Morgan fingerprint density at radius 3 is 2.68 bits per heavy atom. The van der Waals surface area contributed by atoms with Gasteiger partial charge >= 0.3 is 0 Å². The molecular formula is C15H15FN2O. The maximum Gasteiger partial charge on any atom is 0.253 e. The Morgan fingerprint density at radius 1 is 1.26 bits per heavy atom. The highest BCUT2D eigenvalue weighted by molar-refractivity contribution is 5.94. The van der Waals surface area contributed by atoms with Gasteiger partial charge in [0.1, 0.15) is 5.82 Å². The van der Waals surface area contributed by atoms with Gasteiger partial charge in [-0.2, -0.15) is 0 Å². The number of hydrogen-bond acceptors (Lipinski definition) is 2. The van der Waals surface area contributed by atoms with Gasteiger partial charge in [0.05, 0.1) is 0 Å². The SMILES string of the molecule is CN(CCc1ccncc1)C(=O)c1cccc(F)c1. The molecule has 0 radical (unpaired) electrons. The number of benzene rings is 1. The Kier molecular flexibility index (Phi) is 4.23. The van der Waals surface area contributed by atoms with Crippen molar-refractivity contribution in [2.45, 2.75) is 6.42 Å². The monoisotopic (exact) mass is 258 g/mol. The van der Waals surface area contributed by atoms with E-state index < -0.39 is 5.82 Å². The van der Waals surface area contributed by atoms with Crippen molar-refractivity contribution in [1.29, 1.82) is 0 Å². The minimum atomic E-state index is -0.395. The molecule has 1 aromatic carbocycles. The fourth-order valence-electron chi connectivity index (χ4n) is 1.79. The smallest absolute Gasteiger partial charge is 0.253 e. The van der Waals surface area contributed by atoms with Crippen LogP contribution in [-0.4, -0.2) is 29.4 Å². The van der Waals surface area contributed by atoms with Crippen molar-refractivity contribution in [2.75, 3.05) is 13.6 Å². The first-order valence-electron chi connectivity index (χ1n) is 6.07. The summed E-state index contributed by atoms with van der Waals surface area (Å²) in [5, 5.41) is 0. The minimum Gasteiger partial charge on any atom is -0.341 e. The van der Waals surface area contributed by atoms with Crippen LogP contribution in [0.15, 0.2) is 48.8 Å². The average Bonchev–Trinajstić information content (AvgIpc) is 2.45. The van der Waals surface area contributed by atoms with Crippen LogP contribution in [0.2, 0.25) is 0 Å². The molecule has 19 heavy (non-hydrogen) atoms. The maximum atomic E-state index is 13.1. The first-order chi connectivity index (χ1) is 9.16. The zero-order valence-corrected chi connectivity index (χ0v) is 10.7. The summed E-state index contributed by atoms with van der Waals surface area (Å²) in [5.41, 5.74) is 1.49. The third-order valence-corrected chi connectivity index (χ3v) is 2.90. The van der Waals surface area contributed by atoms with Gasteiger partial charge in [-0.3, -0.25) is 9.78 Å². The molecule has 0 spiro atoms. The summed E-state index contributed by atoms with van der Waals surface area (Å²) in [5.74, 6) is -0.568. The fourth-order valence-corrected chi connectivity index (χ4v) is 1.79. The Balaban J connectivity index is 1.96. The van der Waals surface area contributed by atoms with Gasteiger partial charge in [-0.1, -0.05) is 6.07 Å². The average molecular weight is 258 g/mol. The second kappa shape index (κ2) is 6.09. The van der Waals surface area contributed by atoms with Crippen molar-refractivity contribution in [3.63, 3.8) is 0 Å². The van der Waals surface area contributed by atoms with E-state index in [1.807, 2.05) is 12.1 Å². The summed E-state index contributed by atoms with van der Waals surface area (Å²) in [6.07, 6.45) is 4.20. The molecule has 0 atom stereocenters. The molecule has 1 aromatic heterocycles. The van der Waals surface area contributed by atoms with Gasteiger partial charge in [0.25, 0.3) is 5.91 Å². The third-order valence-electron chi connectivity index (χ3n) is 2.90. The molecule has 0 aliphatic rings. The number of hydrogen-bond donors (Lipinski definition) is 0. The summed E-state index contributed by atoms with van der Waals surface area (Å²) in [6.45, 7) is 0.583. The molecule has 0 N–H and O–H groups in total. The van der Waals surface area contributed by atoms with Gasteiger partial charge < -0.3 is 4.90 Å². The second-order valence-electron chi connectivity index (χ2n) is 4.34. The largest absolute Gasteiger partial charge is 0.341 e. The molecule has 0 aliphatic carbocycles. The lowest BCUT2D eigenvalue weighted by Gasteiger charge is -2.17. The van der Waals surface area contributed by atoms with Crippen LogP contribution in [0.3, 0.4) is 0 Å². The molecule has 4 heteroatoms. The van der Waals surface area contributed by atoms with Crippen LogP contribution in [0, 0.1) is 5.82 Å². The zero-order chi connectivity index (χ0) is 13.7. The third kappa shape index (κ3) is 3.61. The van der Waals surface area contributed by atoms with Crippen molar-refractivity contribution >= 4 is 5.91 Å². The van der Waals surface area contributed by atoms with Crippen LogP contribution in [0.1, 0.15) is 15.9 Å². The Hall–Kier alpha value is -2.23. The number of carbonyl (C=O) groups excluding carboxylic acids is 1. The highest BCUT2D eigenvalue weighted by atomic mass is 19.1. The van der Waals surface area contributed by atoms with Crippen LogP contribution in [-0.2, 0) is 6.42 Å². The minimum absolute atomic E-state index is 0.173. The van der Waals surface area contributed by atoms with Crippen LogP contribution in [0.4, 0.5) is 4.39 Å². The first kappa shape index (κ1) is 13.2. The van der Waals surface area contributed by atoms with E-state index >= 15 is 0 Å². The summed E-state index contributed by atoms with van der Waals surface area (Å²) < 4.78 is 13.1. The number of pyridine rings is 1. The molecule has 0 saturated carbocycles. The molecule has 0 aliphatic heterocycles. The molecule has 0 unspecified atom stereocenters. The van der Waals surface area contributed by atoms with Gasteiger partial charge in [-0.15, -0.1) is 0 Å². The Labute approximate surface area is 111 Å². The first-order valence-corrected chi connectivity index (χ1v) is 6.07. The highest BCUT2D eigenvalue weighted by Gasteiger charge is 2.11. The number of likely N-dealkylation sites (N-methyl/N-ethyl adjacent to an activating group) is 1. The van der Waals surface area contributed by atoms with E-state index in [9.17, 15) is 9.18 Å². The fraction of sp³-hybridized carbons (Fsp3) is 0.200. The lowest BCUT2D eigenvalue weighted by Crippen LogP contribution is -2.28. The van der Waals surface area contributed by atoms with E-state index in [4.69, 9.17) is 0 Å². The highest BCUT2D eigenvalue weighted by Crippen LogP contribution is 2.07. The predicted octanol–water partition coefficient (Wildman–Crippen LogP) is 2.54. The van der Waals surface area contributed by atoms with Gasteiger partial charge in [0.2, 0.25) is 0 Å². The standard InChI is InChI=1S/C15H15FN2O/c1-18(10-7-12-5-8-17-9-6-12)15(19)13-3-2-4-14(16)11-13/h2-6,8-9,11H,7,10H2,1H3. The summed E-state index contributed by atoms with van der Waals surface area (Å²) in [7, 11) is 1.72. The van der Waals surface area contributed by atoms with Crippen molar-refractivity contribution < 1.29 is 9.18 Å². The van der Waals surface area contributed by atoms with Gasteiger partial charge in [-0.25, -0.2) is 4.39 Å². The Bertz CT molecular complexity index is 557.